The Morgan fingerprint density at radius 1 is 1.14 bits per heavy atom. The van der Waals surface area contributed by atoms with Gasteiger partial charge < -0.3 is 23.7 Å². The summed E-state index contributed by atoms with van der Waals surface area (Å²) in [4.78, 5) is 12.3. The maximum Gasteiger partial charge on any atom is 0.260 e. The molecule has 21 heavy (non-hydrogen) atoms. The number of ketones is 1. The van der Waals surface area contributed by atoms with E-state index in [1.54, 1.807) is 12.2 Å². The minimum absolute atomic E-state index is 0.0328. The highest BCUT2D eigenvalue weighted by molar-refractivity contribution is 6.02. The molecule has 0 spiro atoms. The molecule has 1 saturated heterocycles. The first-order valence-corrected chi connectivity index (χ1v) is 6.74. The summed E-state index contributed by atoms with van der Waals surface area (Å²) in [6.07, 6.45) is 2.60. The van der Waals surface area contributed by atoms with Gasteiger partial charge in [0.15, 0.2) is 12.0 Å². The van der Waals surface area contributed by atoms with Gasteiger partial charge in [-0.3, -0.25) is 4.79 Å². The minimum Gasteiger partial charge on any atom is -0.493 e. The van der Waals surface area contributed by atoms with Crippen LogP contribution >= 0.6 is 0 Å². The number of ether oxygens (including phenoxy) is 5. The molecule has 0 radical (unpaired) electrons. The van der Waals surface area contributed by atoms with Crippen molar-refractivity contribution in [2.45, 2.75) is 25.9 Å². The van der Waals surface area contributed by atoms with E-state index >= 15 is 0 Å². The molecule has 0 unspecified atom stereocenters. The highest BCUT2D eigenvalue weighted by Gasteiger charge is 2.44. The zero-order valence-corrected chi connectivity index (χ0v) is 13.1. The Bertz CT molecular complexity index is 463. The van der Waals surface area contributed by atoms with E-state index in [-0.39, 0.29) is 11.2 Å². The summed E-state index contributed by atoms with van der Waals surface area (Å²) in [5.74, 6) is -1.75. The fraction of sp³-hybridized carbons (Fsp3) is 0.667. The van der Waals surface area contributed by atoms with E-state index in [4.69, 9.17) is 23.7 Å². The van der Waals surface area contributed by atoms with Gasteiger partial charge in [-0.25, -0.2) is 0 Å². The molecule has 6 heteroatoms. The maximum absolute atomic E-state index is 12.3. The van der Waals surface area contributed by atoms with E-state index in [1.807, 2.05) is 0 Å². The smallest absolute Gasteiger partial charge is 0.260 e. The number of methoxy groups -OCH3 is 3. The predicted molar refractivity (Wildman–Crippen MR) is 74.4 cm³/mol. The van der Waals surface area contributed by atoms with Gasteiger partial charge in [-0.1, -0.05) is 13.8 Å². The molecule has 6 nitrogen and oxygen atoms in total. The average molecular weight is 298 g/mol. The van der Waals surface area contributed by atoms with Crippen molar-refractivity contribution in [3.8, 4) is 0 Å². The number of hydrogen-bond acceptors (Lipinski definition) is 6. The summed E-state index contributed by atoms with van der Waals surface area (Å²) in [5.41, 5.74) is 0.611. The Labute approximate surface area is 124 Å². The van der Waals surface area contributed by atoms with Gasteiger partial charge in [-0.2, -0.15) is 0 Å². The van der Waals surface area contributed by atoms with Crippen molar-refractivity contribution in [3.63, 3.8) is 0 Å². The van der Waals surface area contributed by atoms with Crippen molar-refractivity contribution in [1.29, 1.82) is 0 Å². The quantitative estimate of drug-likeness (QED) is 0.731. The molecule has 1 heterocycles. The summed E-state index contributed by atoms with van der Waals surface area (Å²) < 4.78 is 27.1. The highest BCUT2D eigenvalue weighted by Crippen LogP contribution is 2.33. The van der Waals surface area contributed by atoms with Gasteiger partial charge in [0, 0.05) is 25.2 Å². The third-order valence-electron chi connectivity index (χ3n) is 3.54. The van der Waals surface area contributed by atoms with E-state index in [9.17, 15) is 4.79 Å². The van der Waals surface area contributed by atoms with Crippen molar-refractivity contribution in [2.75, 3.05) is 34.5 Å². The van der Waals surface area contributed by atoms with Crippen LogP contribution in [0.1, 0.15) is 13.8 Å². The van der Waals surface area contributed by atoms with Gasteiger partial charge in [0.2, 0.25) is 0 Å². The molecule has 0 atom stereocenters. The first kappa shape index (κ1) is 16.2. The van der Waals surface area contributed by atoms with Gasteiger partial charge >= 0.3 is 0 Å². The Morgan fingerprint density at radius 2 is 1.71 bits per heavy atom. The number of rotatable bonds is 4. The van der Waals surface area contributed by atoms with Crippen molar-refractivity contribution >= 4 is 5.78 Å². The monoisotopic (exact) mass is 298 g/mol. The van der Waals surface area contributed by atoms with E-state index in [0.29, 0.717) is 18.8 Å². The second-order valence-corrected chi connectivity index (χ2v) is 5.88. The largest absolute Gasteiger partial charge is 0.493 e. The van der Waals surface area contributed by atoms with Crippen LogP contribution in [0.5, 0.6) is 0 Å². The maximum atomic E-state index is 12.3. The van der Waals surface area contributed by atoms with Crippen LogP contribution in [0.3, 0.4) is 0 Å². The van der Waals surface area contributed by atoms with Crippen LogP contribution in [0.25, 0.3) is 0 Å². The van der Waals surface area contributed by atoms with Crippen LogP contribution in [0.4, 0.5) is 0 Å². The Hall–Kier alpha value is -1.21. The lowest BCUT2D eigenvalue weighted by Gasteiger charge is -2.37. The molecule has 0 saturated carbocycles. The van der Waals surface area contributed by atoms with Crippen molar-refractivity contribution < 1.29 is 28.5 Å². The fourth-order valence-electron chi connectivity index (χ4n) is 2.27. The summed E-state index contributed by atoms with van der Waals surface area (Å²) in [6.45, 7) is 5.25. The van der Waals surface area contributed by atoms with Crippen LogP contribution in [0.2, 0.25) is 0 Å². The highest BCUT2D eigenvalue weighted by atomic mass is 16.7. The summed E-state index contributed by atoms with van der Waals surface area (Å²) in [7, 11) is 4.23. The molecular weight excluding hydrogens is 276 g/mol. The number of carbonyl (C=O) groups is 1. The van der Waals surface area contributed by atoms with Gasteiger partial charge in [-0.05, 0) is 12.2 Å². The van der Waals surface area contributed by atoms with Crippen molar-refractivity contribution in [2.24, 2.45) is 5.41 Å². The van der Waals surface area contributed by atoms with Crippen LogP contribution in [-0.2, 0) is 28.5 Å². The average Bonchev–Trinajstić information content (AvgIpc) is 2.48. The van der Waals surface area contributed by atoms with Crippen LogP contribution in [0.15, 0.2) is 23.5 Å². The SMILES string of the molecule is COC1=CC(C2OCC(C)(C)CO2)=CC(OC)(OC)C1=O. The molecular formula is C15H22O6. The van der Waals surface area contributed by atoms with Crippen LogP contribution < -0.4 is 0 Å². The molecule has 0 bridgehead atoms. The molecule has 2 aliphatic rings. The Morgan fingerprint density at radius 3 is 2.19 bits per heavy atom. The van der Waals surface area contributed by atoms with Crippen LogP contribution in [-0.4, -0.2) is 52.4 Å². The number of hydrogen-bond donors (Lipinski definition) is 0. The first-order chi connectivity index (χ1) is 9.87. The third kappa shape index (κ3) is 3.03. The Kier molecular flexibility index (Phi) is 4.53. The number of carbonyl (C=O) groups excluding carboxylic acids is 1. The molecule has 118 valence electrons. The lowest BCUT2D eigenvalue weighted by atomic mass is 9.94. The summed E-state index contributed by atoms with van der Waals surface area (Å²) in [6, 6.07) is 0. The molecule has 1 aliphatic heterocycles. The zero-order valence-electron chi connectivity index (χ0n) is 13.1. The second-order valence-electron chi connectivity index (χ2n) is 5.88. The normalized spacial score (nSPS) is 25.3. The molecule has 1 fully saturated rings. The van der Waals surface area contributed by atoms with E-state index in [0.717, 1.165) is 0 Å². The molecule has 0 amide bonds. The van der Waals surface area contributed by atoms with E-state index in [1.165, 1.54) is 21.3 Å². The van der Waals surface area contributed by atoms with Crippen molar-refractivity contribution in [3.05, 3.63) is 23.5 Å². The zero-order chi connectivity index (χ0) is 15.7. The fourth-order valence-corrected chi connectivity index (χ4v) is 2.27. The Balaban J connectivity index is 2.29. The summed E-state index contributed by atoms with van der Waals surface area (Å²) in [5, 5.41) is 0. The lowest BCUT2D eigenvalue weighted by molar-refractivity contribution is -0.206. The van der Waals surface area contributed by atoms with Crippen molar-refractivity contribution in [1.82, 2.24) is 0 Å². The lowest BCUT2D eigenvalue weighted by Crippen LogP contribution is -2.46. The van der Waals surface area contributed by atoms with E-state index < -0.39 is 17.9 Å². The standard InChI is InChI=1S/C15H22O6/c1-14(2)8-20-13(21-9-14)10-6-11(17-3)12(16)15(7-10,18-4)19-5/h6-7,13H,8-9H2,1-5H3. The topological polar surface area (TPSA) is 63.2 Å². The van der Waals surface area contributed by atoms with Crippen LogP contribution in [0, 0.1) is 5.41 Å². The molecule has 1 aliphatic carbocycles. The van der Waals surface area contributed by atoms with E-state index in [2.05, 4.69) is 13.8 Å². The molecule has 0 aromatic carbocycles. The van der Waals surface area contributed by atoms with Gasteiger partial charge in [-0.15, -0.1) is 0 Å². The number of Topliss-reactive ketones (excluding diaryl/α,β-unsaturated/α-hetero) is 1. The molecule has 0 N–H and O–H groups in total. The van der Waals surface area contributed by atoms with Gasteiger partial charge in [0.1, 0.15) is 0 Å². The molecule has 0 aromatic heterocycles. The molecule has 0 aromatic rings. The van der Waals surface area contributed by atoms with Gasteiger partial charge in [0.05, 0.1) is 20.3 Å². The minimum atomic E-state index is -1.50. The third-order valence-corrected chi connectivity index (χ3v) is 3.54. The summed E-state index contributed by atoms with van der Waals surface area (Å²) >= 11 is 0. The molecule has 2 rings (SSSR count). The predicted octanol–water partition coefficient (Wildman–Crippen LogP) is 1.41. The first-order valence-electron chi connectivity index (χ1n) is 6.74. The van der Waals surface area contributed by atoms with Gasteiger partial charge in [0.25, 0.3) is 11.6 Å². The second kappa shape index (κ2) is 5.88.